The molecule has 0 radical (unpaired) electrons. The normalized spacial score (nSPS) is 20.4. The molecule has 2 N–H and O–H groups in total. The van der Waals surface area contributed by atoms with Gasteiger partial charge in [0.25, 0.3) is 0 Å². The van der Waals surface area contributed by atoms with Crippen LogP contribution in [0.4, 0.5) is 0 Å². The Kier molecular flexibility index (Phi) is 7.36. The van der Waals surface area contributed by atoms with Crippen LogP contribution in [0.25, 0.3) is 0 Å². The zero-order valence-electron chi connectivity index (χ0n) is 17.0. The second-order valence-corrected chi connectivity index (χ2v) is 7.60. The lowest BCUT2D eigenvalue weighted by atomic mass is 9.78. The van der Waals surface area contributed by atoms with Crippen molar-refractivity contribution in [1.82, 2.24) is 15.2 Å². The smallest absolute Gasteiger partial charge is 0.227 e. The van der Waals surface area contributed by atoms with Gasteiger partial charge in [-0.1, -0.05) is 20.8 Å². The number of piperidine rings is 1. The number of hydrogen-bond acceptors (Lipinski definition) is 4. The predicted molar refractivity (Wildman–Crippen MR) is 105 cm³/mol. The summed E-state index contributed by atoms with van der Waals surface area (Å²) in [6, 6.07) is 1.59. The van der Waals surface area contributed by atoms with Crippen LogP contribution in [-0.4, -0.2) is 52.0 Å². The number of carbonyl (C=O) groups is 2. The average Bonchev–Trinajstić information content (AvgIpc) is 2.67. The van der Waals surface area contributed by atoms with E-state index in [9.17, 15) is 14.7 Å². The highest BCUT2D eigenvalue weighted by molar-refractivity contribution is 5.83. The van der Waals surface area contributed by atoms with Gasteiger partial charge in [-0.15, -0.1) is 0 Å². The van der Waals surface area contributed by atoms with E-state index in [0.717, 1.165) is 30.4 Å². The Balaban J connectivity index is 1.94. The van der Waals surface area contributed by atoms with Crippen molar-refractivity contribution in [3.8, 4) is 0 Å². The molecule has 1 fully saturated rings. The average molecular weight is 376 g/mol. The summed E-state index contributed by atoms with van der Waals surface area (Å²) in [6.45, 7) is 8.85. The molecule has 0 bridgehead atoms. The molecule has 150 valence electrons. The van der Waals surface area contributed by atoms with Gasteiger partial charge in [-0.3, -0.25) is 14.6 Å². The van der Waals surface area contributed by atoms with Crippen LogP contribution in [0.5, 0.6) is 0 Å². The molecule has 2 rings (SSSR count). The third-order valence-corrected chi connectivity index (χ3v) is 6.25. The van der Waals surface area contributed by atoms with Gasteiger partial charge in [0.05, 0.1) is 18.6 Å². The van der Waals surface area contributed by atoms with E-state index in [-0.39, 0.29) is 36.2 Å². The molecule has 2 atom stereocenters. The van der Waals surface area contributed by atoms with Gasteiger partial charge in [-0.2, -0.15) is 0 Å². The zero-order chi connectivity index (χ0) is 20.0. The van der Waals surface area contributed by atoms with Crippen LogP contribution in [0.1, 0.15) is 57.6 Å². The fourth-order valence-electron chi connectivity index (χ4n) is 3.84. The summed E-state index contributed by atoms with van der Waals surface area (Å²) < 4.78 is 0. The Morgan fingerprint density at radius 3 is 2.52 bits per heavy atom. The molecule has 27 heavy (non-hydrogen) atoms. The summed E-state index contributed by atoms with van der Waals surface area (Å²) in [7, 11) is 0. The number of aryl methyl sites for hydroxylation is 1. The lowest BCUT2D eigenvalue weighted by Crippen LogP contribution is -2.57. The van der Waals surface area contributed by atoms with Crippen molar-refractivity contribution in [3.63, 3.8) is 0 Å². The van der Waals surface area contributed by atoms with Crippen LogP contribution < -0.4 is 5.32 Å². The van der Waals surface area contributed by atoms with Crippen molar-refractivity contribution in [1.29, 1.82) is 0 Å². The molecule has 0 spiro atoms. The molecule has 2 unspecified atom stereocenters. The minimum Gasteiger partial charge on any atom is -0.389 e. The standard InChI is InChI=1S/C21H33N3O3/c1-5-21(6-2,7-3)20(27)23-17-9-11-24(14-18(17)25)19(26)12-16-13-22-10-8-15(16)4/h8,10,13,17-18,25H,5-7,9,11-12,14H2,1-4H3,(H,23,27). The number of nitrogens with one attached hydrogen (secondary N) is 1. The fourth-order valence-corrected chi connectivity index (χ4v) is 3.84. The molecule has 1 saturated heterocycles. The van der Waals surface area contributed by atoms with Crippen molar-refractivity contribution < 1.29 is 14.7 Å². The molecule has 1 aliphatic rings. The number of rotatable bonds is 7. The third-order valence-electron chi connectivity index (χ3n) is 6.25. The van der Waals surface area contributed by atoms with E-state index >= 15 is 0 Å². The van der Waals surface area contributed by atoms with E-state index < -0.39 is 6.10 Å². The number of likely N-dealkylation sites (tertiary alicyclic amines) is 1. The van der Waals surface area contributed by atoms with Crippen LogP contribution in [-0.2, 0) is 16.0 Å². The number of aliphatic hydroxyl groups is 1. The maximum atomic E-state index is 12.8. The molecule has 6 heteroatoms. The minimum atomic E-state index is -0.745. The van der Waals surface area contributed by atoms with E-state index in [1.54, 1.807) is 17.3 Å². The summed E-state index contributed by atoms with van der Waals surface area (Å²) in [6.07, 6.45) is 5.88. The topological polar surface area (TPSA) is 82.5 Å². The molecular formula is C21H33N3O3. The maximum Gasteiger partial charge on any atom is 0.227 e. The highest BCUT2D eigenvalue weighted by atomic mass is 16.3. The highest BCUT2D eigenvalue weighted by Gasteiger charge is 2.37. The third kappa shape index (κ3) is 4.86. The quantitative estimate of drug-likeness (QED) is 0.766. The lowest BCUT2D eigenvalue weighted by molar-refractivity contribution is -0.137. The van der Waals surface area contributed by atoms with Crippen molar-refractivity contribution >= 4 is 11.8 Å². The Hall–Kier alpha value is -1.95. The van der Waals surface area contributed by atoms with Gasteiger partial charge in [-0.25, -0.2) is 0 Å². The van der Waals surface area contributed by atoms with Gasteiger partial charge in [0, 0.05) is 30.9 Å². The van der Waals surface area contributed by atoms with Gasteiger partial charge in [0.2, 0.25) is 11.8 Å². The molecule has 0 aliphatic carbocycles. The van der Waals surface area contributed by atoms with Crippen LogP contribution in [0.3, 0.4) is 0 Å². The molecule has 2 amide bonds. The number of pyridine rings is 1. The zero-order valence-corrected chi connectivity index (χ0v) is 17.0. The van der Waals surface area contributed by atoms with E-state index in [2.05, 4.69) is 10.3 Å². The van der Waals surface area contributed by atoms with Gasteiger partial charge in [0.1, 0.15) is 0 Å². The Labute approximate surface area is 162 Å². The molecule has 6 nitrogen and oxygen atoms in total. The van der Waals surface area contributed by atoms with Crippen LogP contribution in [0.2, 0.25) is 0 Å². The van der Waals surface area contributed by atoms with Crippen molar-refractivity contribution in [2.45, 2.75) is 71.9 Å². The number of carbonyl (C=O) groups excluding carboxylic acids is 2. The van der Waals surface area contributed by atoms with Gasteiger partial charge < -0.3 is 15.3 Å². The lowest BCUT2D eigenvalue weighted by Gasteiger charge is -2.38. The number of aliphatic hydroxyl groups excluding tert-OH is 1. The predicted octanol–water partition coefficient (Wildman–Crippen LogP) is 2.23. The first-order chi connectivity index (χ1) is 12.9. The van der Waals surface area contributed by atoms with E-state index in [1.807, 2.05) is 33.8 Å². The Bertz CT molecular complexity index is 650. The summed E-state index contributed by atoms with van der Waals surface area (Å²) in [4.78, 5) is 31.1. The first-order valence-corrected chi connectivity index (χ1v) is 10.0. The summed E-state index contributed by atoms with van der Waals surface area (Å²) in [5.74, 6) is 0.00441. The van der Waals surface area contributed by atoms with Gasteiger partial charge in [0.15, 0.2) is 0 Å². The second kappa shape index (κ2) is 9.31. The molecule has 1 aromatic heterocycles. The molecule has 0 aromatic carbocycles. The first-order valence-electron chi connectivity index (χ1n) is 10.0. The first kappa shape index (κ1) is 21.4. The van der Waals surface area contributed by atoms with Gasteiger partial charge >= 0.3 is 0 Å². The highest BCUT2D eigenvalue weighted by Crippen LogP contribution is 2.31. The van der Waals surface area contributed by atoms with Crippen molar-refractivity contribution in [2.24, 2.45) is 5.41 Å². The SMILES string of the molecule is CCC(CC)(CC)C(=O)NC1CCN(C(=O)Cc2cnccc2C)CC1O. The fraction of sp³-hybridized carbons (Fsp3) is 0.667. The Morgan fingerprint density at radius 2 is 1.96 bits per heavy atom. The Morgan fingerprint density at radius 1 is 1.30 bits per heavy atom. The molecule has 1 aliphatic heterocycles. The molecule has 2 heterocycles. The van der Waals surface area contributed by atoms with E-state index in [0.29, 0.717) is 13.0 Å². The van der Waals surface area contributed by atoms with Crippen LogP contribution in [0.15, 0.2) is 18.5 Å². The number of amides is 2. The van der Waals surface area contributed by atoms with Gasteiger partial charge in [-0.05, 0) is 49.8 Å². The number of hydrogen-bond donors (Lipinski definition) is 2. The number of nitrogens with zero attached hydrogens (tertiary/aromatic N) is 2. The van der Waals surface area contributed by atoms with Crippen LogP contribution >= 0.6 is 0 Å². The summed E-state index contributed by atoms with van der Waals surface area (Å²) in [5, 5.41) is 13.6. The molecule has 0 saturated carbocycles. The largest absolute Gasteiger partial charge is 0.389 e. The van der Waals surface area contributed by atoms with E-state index in [4.69, 9.17) is 0 Å². The van der Waals surface area contributed by atoms with Crippen molar-refractivity contribution in [3.05, 3.63) is 29.6 Å². The van der Waals surface area contributed by atoms with E-state index in [1.165, 1.54) is 0 Å². The van der Waals surface area contributed by atoms with Crippen molar-refractivity contribution in [2.75, 3.05) is 13.1 Å². The second-order valence-electron chi connectivity index (χ2n) is 7.60. The number of aromatic nitrogens is 1. The van der Waals surface area contributed by atoms with Crippen LogP contribution in [0, 0.1) is 12.3 Å². The molecular weight excluding hydrogens is 342 g/mol. The monoisotopic (exact) mass is 375 g/mol. The number of β-amino-alcohol motifs (C(OH)–C–C–N with tert-alkyl or cyclic N) is 1. The maximum absolute atomic E-state index is 12.8. The minimum absolute atomic E-state index is 0.0139. The summed E-state index contributed by atoms with van der Waals surface area (Å²) in [5.41, 5.74) is 1.58. The molecule has 1 aromatic rings. The summed E-state index contributed by atoms with van der Waals surface area (Å²) >= 11 is 0.